The Morgan fingerprint density at radius 1 is 1.18 bits per heavy atom. The molecule has 3 nitrogen and oxygen atoms in total. The van der Waals surface area contributed by atoms with Crippen molar-refractivity contribution in [3.63, 3.8) is 0 Å². The SMILES string of the molecule is CCCCOc1ccc2c(c1)SNC(=O)C2c1ccccc1. The van der Waals surface area contributed by atoms with E-state index >= 15 is 0 Å². The van der Waals surface area contributed by atoms with Gasteiger partial charge in [0.05, 0.1) is 12.5 Å². The molecule has 2 aromatic carbocycles. The number of carbonyl (C=O) groups is 1. The van der Waals surface area contributed by atoms with Crippen molar-refractivity contribution in [2.45, 2.75) is 30.6 Å². The fourth-order valence-electron chi connectivity index (χ4n) is 2.55. The highest BCUT2D eigenvalue weighted by Gasteiger charge is 2.29. The third-order valence-electron chi connectivity index (χ3n) is 3.72. The number of benzene rings is 2. The van der Waals surface area contributed by atoms with E-state index in [1.54, 1.807) is 0 Å². The Balaban J connectivity index is 1.89. The van der Waals surface area contributed by atoms with Crippen LogP contribution >= 0.6 is 11.9 Å². The molecular weight excluding hydrogens is 294 g/mol. The largest absolute Gasteiger partial charge is 0.494 e. The van der Waals surface area contributed by atoms with Crippen LogP contribution in [0.2, 0.25) is 0 Å². The minimum Gasteiger partial charge on any atom is -0.494 e. The molecule has 0 fully saturated rings. The summed E-state index contributed by atoms with van der Waals surface area (Å²) in [5.41, 5.74) is 2.06. The number of nitrogens with one attached hydrogen (secondary N) is 1. The second kappa shape index (κ2) is 6.88. The first kappa shape index (κ1) is 15.0. The van der Waals surface area contributed by atoms with Gasteiger partial charge in [0.2, 0.25) is 5.91 Å². The predicted molar refractivity (Wildman–Crippen MR) is 89.1 cm³/mol. The van der Waals surface area contributed by atoms with Gasteiger partial charge in [0.15, 0.2) is 0 Å². The zero-order valence-corrected chi connectivity index (χ0v) is 13.4. The average molecular weight is 313 g/mol. The van der Waals surface area contributed by atoms with E-state index < -0.39 is 0 Å². The summed E-state index contributed by atoms with van der Waals surface area (Å²) in [5.74, 6) is 0.646. The number of ether oxygens (including phenoxy) is 1. The molecule has 1 atom stereocenters. The molecule has 1 aliphatic heterocycles. The number of amides is 1. The van der Waals surface area contributed by atoms with Gasteiger partial charge in [0.1, 0.15) is 5.75 Å². The smallest absolute Gasteiger partial charge is 0.242 e. The van der Waals surface area contributed by atoms with Gasteiger partial charge in [-0.1, -0.05) is 49.7 Å². The number of unbranched alkanes of at least 4 members (excludes halogenated alkanes) is 1. The van der Waals surface area contributed by atoms with Gasteiger partial charge < -0.3 is 4.74 Å². The van der Waals surface area contributed by atoms with Gasteiger partial charge in [-0.2, -0.15) is 0 Å². The molecule has 0 radical (unpaired) electrons. The normalized spacial score (nSPS) is 16.8. The van der Waals surface area contributed by atoms with Crippen LogP contribution in [0.1, 0.15) is 36.8 Å². The summed E-state index contributed by atoms with van der Waals surface area (Å²) < 4.78 is 8.66. The van der Waals surface area contributed by atoms with Gasteiger partial charge >= 0.3 is 0 Å². The summed E-state index contributed by atoms with van der Waals surface area (Å²) in [6, 6.07) is 15.9. The highest BCUT2D eigenvalue weighted by molar-refractivity contribution is 7.98. The topological polar surface area (TPSA) is 38.3 Å². The van der Waals surface area contributed by atoms with Crippen molar-refractivity contribution in [2.24, 2.45) is 0 Å². The molecule has 3 rings (SSSR count). The molecule has 2 aromatic rings. The highest BCUT2D eigenvalue weighted by atomic mass is 32.2. The molecule has 1 unspecified atom stereocenters. The molecular formula is C18H19NO2S. The third kappa shape index (κ3) is 3.12. The number of rotatable bonds is 5. The van der Waals surface area contributed by atoms with Crippen LogP contribution in [0.4, 0.5) is 0 Å². The van der Waals surface area contributed by atoms with E-state index in [2.05, 4.69) is 11.6 Å². The van der Waals surface area contributed by atoms with Crippen LogP contribution < -0.4 is 9.46 Å². The molecule has 0 bridgehead atoms. The van der Waals surface area contributed by atoms with E-state index in [-0.39, 0.29) is 11.8 Å². The predicted octanol–water partition coefficient (Wildman–Crippen LogP) is 4.13. The van der Waals surface area contributed by atoms with E-state index in [1.807, 2.05) is 48.5 Å². The van der Waals surface area contributed by atoms with Gasteiger partial charge in [0.25, 0.3) is 0 Å². The molecule has 0 aliphatic carbocycles. The zero-order valence-electron chi connectivity index (χ0n) is 12.5. The molecule has 0 spiro atoms. The maximum Gasteiger partial charge on any atom is 0.242 e. The quantitative estimate of drug-likeness (QED) is 0.666. The number of hydrogen-bond donors (Lipinski definition) is 1. The molecule has 0 aromatic heterocycles. The highest BCUT2D eigenvalue weighted by Crippen LogP contribution is 2.38. The van der Waals surface area contributed by atoms with Crippen molar-refractivity contribution in [2.75, 3.05) is 6.61 Å². The molecule has 1 aliphatic rings. The Morgan fingerprint density at radius 2 is 2.00 bits per heavy atom. The fraction of sp³-hybridized carbons (Fsp3) is 0.278. The van der Waals surface area contributed by atoms with Crippen LogP contribution in [0.15, 0.2) is 53.4 Å². The number of fused-ring (bicyclic) bond motifs is 1. The van der Waals surface area contributed by atoms with Crippen molar-refractivity contribution in [1.29, 1.82) is 0 Å². The lowest BCUT2D eigenvalue weighted by atomic mass is 9.90. The van der Waals surface area contributed by atoms with E-state index in [0.717, 1.165) is 41.2 Å². The van der Waals surface area contributed by atoms with Gasteiger partial charge in [0, 0.05) is 4.90 Å². The maximum absolute atomic E-state index is 12.3. The Kier molecular flexibility index (Phi) is 4.68. The third-order valence-corrected chi connectivity index (χ3v) is 4.60. The second-order valence-electron chi connectivity index (χ2n) is 5.31. The van der Waals surface area contributed by atoms with Gasteiger partial charge in [-0.25, -0.2) is 0 Å². The fourth-order valence-corrected chi connectivity index (χ4v) is 3.35. The molecule has 0 saturated heterocycles. The lowest BCUT2D eigenvalue weighted by Crippen LogP contribution is -2.29. The molecule has 1 heterocycles. The van der Waals surface area contributed by atoms with Crippen molar-refractivity contribution in [1.82, 2.24) is 4.72 Å². The molecule has 114 valence electrons. The molecule has 1 amide bonds. The first-order valence-corrected chi connectivity index (χ1v) is 8.39. The molecule has 0 saturated carbocycles. The lowest BCUT2D eigenvalue weighted by Gasteiger charge is -2.25. The van der Waals surface area contributed by atoms with E-state index in [1.165, 1.54) is 11.9 Å². The van der Waals surface area contributed by atoms with Crippen LogP contribution in [0, 0.1) is 0 Å². The summed E-state index contributed by atoms with van der Waals surface area (Å²) in [6.07, 6.45) is 2.17. The summed E-state index contributed by atoms with van der Waals surface area (Å²) >= 11 is 1.37. The Bertz CT molecular complexity index is 657. The standard InChI is InChI=1S/C18H19NO2S/c1-2-3-11-21-14-9-10-15-16(12-14)22-19-18(20)17(15)13-7-5-4-6-8-13/h4-10,12,17H,2-3,11H2,1H3,(H,19,20). The average Bonchev–Trinajstić information content (AvgIpc) is 2.56. The van der Waals surface area contributed by atoms with Crippen molar-refractivity contribution < 1.29 is 9.53 Å². The monoisotopic (exact) mass is 313 g/mol. The molecule has 22 heavy (non-hydrogen) atoms. The number of carbonyl (C=O) groups excluding carboxylic acids is 1. The van der Waals surface area contributed by atoms with E-state index in [0.29, 0.717) is 0 Å². The minimum atomic E-state index is -0.248. The summed E-state index contributed by atoms with van der Waals surface area (Å²) in [4.78, 5) is 13.3. The summed E-state index contributed by atoms with van der Waals surface area (Å²) in [5, 5.41) is 0. The van der Waals surface area contributed by atoms with Crippen LogP contribution in [0.3, 0.4) is 0 Å². The number of hydrogen-bond acceptors (Lipinski definition) is 3. The molecule has 1 N–H and O–H groups in total. The van der Waals surface area contributed by atoms with Crippen LogP contribution in [-0.2, 0) is 4.79 Å². The van der Waals surface area contributed by atoms with Crippen molar-refractivity contribution in [3.8, 4) is 5.75 Å². The second-order valence-corrected chi connectivity index (χ2v) is 6.16. The Morgan fingerprint density at radius 3 is 2.77 bits per heavy atom. The minimum absolute atomic E-state index is 0.0309. The van der Waals surface area contributed by atoms with Crippen molar-refractivity contribution >= 4 is 17.9 Å². The van der Waals surface area contributed by atoms with Crippen molar-refractivity contribution in [3.05, 3.63) is 59.7 Å². The lowest BCUT2D eigenvalue weighted by molar-refractivity contribution is -0.120. The van der Waals surface area contributed by atoms with E-state index in [4.69, 9.17) is 4.74 Å². The Hall–Kier alpha value is -1.94. The maximum atomic E-state index is 12.3. The van der Waals surface area contributed by atoms with Gasteiger partial charge in [-0.05, 0) is 41.6 Å². The van der Waals surface area contributed by atoms with Crippen LogP contribution in [0.25, 0.3) is 0 Å². The Labute approximate surface area is 135 Å². The first-order valence-electron chi connectivity index (χ1n) is 7.58. The van der Waals surface area contributed by atoms with E-state index in [9.17, 15) is 4.79 Å². The van der Waals surface area contributed by atoms with Crippen LogP contribution in [-0.4, -0.2) is 12.5 Å². The zero-order chi connectivity index (χ0) is 15.4. The summed E-state index contributed by atoms with van der Waals surface area (Å²) in [6.45, 7) is 2.88. The summed E-state index contributed by atoms with van der Waals surface area (Å²) in [7, 11) is 0. The molecule has 4 heteroatoms. The van der Waals surface area contributed by atoms with Gasteiger partial charge in [-0.3, -0.25) is 9.52 Å². The van der Waals surface area contributed by atoms with Gasteiger partial charge in [-0.15, -0.1) is 0 Å². The first-order chi connectivity index (χ1) is 10.8. The van der Waals surface area contributed by atoms with Crippen LogP contribution in [0.5, 0.6) is 5.75 Å².